The molecular formula is C19H22ClFIN3O2. The first-order valence-electron chi connectivity index (χ1n) is 8.27. The molecule has 27 heavy (non-hydrogen) atoms. The minimum Gasteiger partial charge on any atom is -0.493 e. The maximum Gasteiger partial charge on any atom is 0.193 e. The number of nitrogens with one attached hydrogen (secondary N) is 1. The Bertz CT molecular complexity index is 829. The van der Waals surface area contributed by atoms with Gasteiger partial charge in [-0.2, -0.15) is 0 Å². The van der Waals surface area contributed by atoms with Crippen molar-refractivity contribution in [2.75, 3.05) is 19.5 Å². The van der Waals surface area contributed by atoms with Gasteiger partial charge in [-0.3, -0.25) is 0 Å². The Morgan fingerprint density at radius 2 is 1.85 bits per heavy atom. The number of hydrogen-bond acceptors (Lipinski definition) is 3. The van der Waals surface area contributed by atoms with Gasteiger partial charge in [0.15, 0.2) is 17.5 Å². The lowest BCUT2D eigenvalue weighted by Gasteiger charge is -2.33. The maximum absolute atomic E-state index is 13.2. The number of nitrogens with zero attached hydrogens (tertiary/aromatic N) is 1. The molecule has 0 aromatic heterocycles. The number of rotatable bonds is 5. The van der Waals surface area contributed by atoms with Crippen LogP contribution in [-0.4, -0.2) is 26.2 Å². The van der Waals surface area contributed by atoms with Gasteiger partial charge < -0.3 is 20.5 Å². The second-order valence-electron chi connectivity index (χ2n) is 6.20. The summed E-state index contributed by atoms with van der Waals surface area (Å²) in [7, 11) is 3.16. The predicted octanol–water partition coefficient (Wildman–Crippen LogP) is 4.79. The molecule has 0 saturated heterocycles. The van der Waals surface area contributed by atoms with Gasteiger partial charge in [-0.25, -0.2) is 9.38 Å². The zero-order valence-corrected chi connectivity index (χ0v) is 18.1. The van der Waals surface area contributed by atoms with Crippen LogP contribution in [0.5, 0.6) is 11.5 Å². The molecule has 1 aliphatic rings. The molecule has 0 unspecified atom stereocenters. The summed E-state index contributed by atoms with van der Waals surface area (Å²) in [6.07, 6.45) is 1.71. The summed E-state index contributed by atoms with van der Waals surface area (Å²) < 4.78 is 23.7. The van der Waals surface area contributed by atoms with Crippen molar-refractivity contribution in [3.8, 4) is 11.5 Å². The van der Waals surface area contributed by atoms with E-state index in [-0.39, 0.29) is 35.0 Å². The molecule has 146 valence electrons. The lowest BCUT2D eigenvalue weighted by molar-refractivity contribution is 0.353. The van der Waals surface area contributed by atoms with Crippen molar-refractivity contribution in [2.24, 2.45) is 10.7 Å². The first-order valence-corrected chi connectivity index (χ1v) is 8.65. The molecule has 1 saturated carbocycles. The number of methoxy groups -OCH3 is 2. The fraction of sp³-hybridized carbons (Fsp3) is 0.316. The van der Waals surface area contributed by atoms with E-state index in [4.69, 9.17) is 26.8 Å². The van der Waals surface area contributed by atoms with Crippen molar-refractivity contribution in [2.45, 2.75) is 24.8 Å². The smallest absolute Gasteiger partial charge is 0.193 e. The van der Waals surface area contributed by atoms with Gasteiger partial charge in [-0.05, 0) is 48.6 Å². The highest BCUT2D eigenvalue weighted by molar-refractivity contribution is 14.0. The monoisotopic (exact) mass is 505 g/mol. The van der Waals surface area contributed by atoms with Crippen LogP contribution < -0.4 is 20.5 Å². The molecule has 3 N–H and O–H groups in total. The summed E-state index contributed by atoms with van der Waals surface area (Å²) >= 11 is 5.84. The first kappa shape index (κ1) is 21.6. The Kier molecular flexibility index (Phi) is 7.55. The van der Waals surface area contributed by atoms with Crippen LogP contribution in [0.1, 0.15) is 24.3 Å². The SMILES string of the molecule is COc1ccc(NC(N)=NC2CC(c3ccc(F)c(Cl)c3)C2)cc1OC.I. The lowest BCUT2D eigenvalue weighted by Crippen LogP contribution is -2.31. The molecule has 0 radical (unpaired) electrons. The Morgan fingerprint density at radius 3 is 2.48 bits per heavy atom. The number of anilines is 1. The minimum absolute atomic E-state index is 0. The van der Waals surface area contributed by atoms with Crippen LogP contribution >= 0.6 is 35.6 Å². The van der Waals surface area contributed by atoms with Gasteiger partial charge >= 0.3 is 0 Å². The zero-order valence-electron chi connectivity index (χ0n) is 15.0. The van der Waals surface area contributed by atoms with Gasteiger partial charge in [0, 0.05) is 11.8 Å². The van der Waals surface area contributed by atoms with Gasteiger partial charge in [0.1, 0.15) is 5.82 Å². The van der Waals surface area contributed by atoms with Crippen LogP contribution in [0.15, 0.2) is 41.4 Å². The zero-order chi connectivity index (χ0) is 18.7. The average Bonchev–Trinajstić information content (AvgIpc) is 2.60. The molecule has 3 rings (SSSR count). The van der Waals surface area contributed by atoms with E-state index < -0.39 is 5.82 Å². The highest BCUT2D eigenvalue weighted by atomic mass is 127. The molecule has 0 amide bonds. The second kappa shape index (κ2) is 9.45. The third-order valence-electron chi connectivity index (χ3n) is 4.51. The molecule has 0 spiro atoms. The minimum atomic E-state index is -0.396. The Morgan fingerprint density at radius 1 is 1.15 bits per heavy atom. The van der Waals surface area contributed by atoms with Gasteiger partial charge in [0.05, 0.1) is 25.3 Å². The first-order chi connectivity index (χ1) is 12.5. The predicted molar refractivity (Wildman–Crippen MR) is 117 cm³/mol. The number of hydrogen-bond donors (Lipinski definition) is 2. The quantitative estimate of drug-likeness (QED) is 0.348. The van der Waals surface area contributed by atoms with E-state index in [0.29, 0.717) is 23.4 Å². The Balaban J connectivity index is 0.00000261. The Hall–Kier alpha value is -1.74. The summed E-state index contributed by atoms with van der Waals surface area (Å²) in [5, 5.41) is 3.22. The third kappa shape index (κ3) is 5.16. The molecule has 0 atom stereocenters. The van der Waals surface area contributed by atoms with E-state index in [1.54, 1.807) is 38.5 Å². The van der Waals surface area contributed by atoms with Gasteiger partial charge in [-0.15, -0.1) is 24.0 Å². The molecule has 0 aliphatic heterocycles. The normalized spacial score (nSPS) is 18.9. The van der Waals surface area contributed by atoms with E-state index in [0.717, 1.165) is 24.1 Å². The summed E-state index contributed by atoms with van der Waals surface area (Å²) in [6.45, 7) is 0. The molecule has 2 aromatic rings. The van der Waals surface area contributed by atoms with E-state index in [1.807, 2.05) is 6.07 Å². The number of aliphatic imine (C=N–C) groups is 1. The van der Waals surface area contributed by atoms with Crippen molar-refractivity contribution in [3.63, 3.8) is 0 Å². The summed E-state index contributed by atoms with van der Waals surface area (Å²) in [4.78, 5) is 4.50. The summed E-state index contributed by atoms with van der Waals surface area (Å²) in [5.41, 5.74) is 7.81. The fourth-order valence-electron chi connectivity index (χ4n) is 3.02. The number of benzene rings is 2. The summed E-state index contributed by atoms with van der Waals surface area (Å²) in [5.74, 6) is 1.54. The molecule has 0 heterocycles. The molecule has 5 nitrogen and oxygen atoms in total. The van der Waals surface area contributed by atoms with Crippen LogP contribution in [-0.2, 0) is 0 Å². The van der Waals surface area contributed by atoms with Gasteiger partial charge in [-0.1, -0.05) is 17.7 Å². The van der Waals surface area contributed by atoms with Crippen LogP contribution in [0.4, 0.5) is 10.1 Å². The molecule has 1 fully saturated rings. The fourth-order valence-corrected chi connectivity index (χ4v) is 3.21. The molecule has 0 bridgehead atoms. The Labute approximate surface area is 180 Å². The van der Waals surface area contributed by atoms with Crippen LogP contribution in [0.2, 0.25) is 5.02 Å². The van der Waals surface area contributed by atoms with Crippen molar-refractivity contribution < 1.29 is 13.9 Å². The van der Waals surface area contributed by atoms with Crippen molar-refractivity contribution in [3.05, 3.63) is 52.8 Å². The number of halogens is 3. The molecule has 1 aliphatic carbocycles. The van der Waals surface area contributed by atoms with Gasteiger partial charge in [0.2, 0.25) is 0 Å². The van der Waals surface area contributed by atoms with E-state index >= 15 is 0 Å². The van der Waals surface area contributed by atoms with Crippen molar-refractivity contribution in [1.82, 2.24) is 0 Å². The van der Waals surface area contributed by atoms with E-state index in [9.17, 15) is 4.39 Å². The maximum atomic E-state index is 13.2. The van der Waals surface area contributed by atoms with Crippen LogP contribution in [0.3, 0.4) is 0 Å². The van der Waals surface area contributed by atoms with Crippen LogP contribution in [0.25, 0.3) is 0 Å². The van der Waals surface area contributed by atoms with E-state index in [2.05, 4.69) is 10.3 Å². The molecular weight excluding hydrogens is 484 g/mol. The number of nitrogens with two attached hydrogens (primary N) is 1. The average molecular weight is 506 g/mol. The number of guanidine groups is 1. The largest absolute Gasteiger partial charge is 0.493 e. The van der Waals surface area contributed by atoms with Crippen molar-refractivity contribution in [1.29, 1.82) is 0 Å². The van der Waals surface area contributed by atoms with Gasteiger partial charge in [0.25, 0.3) is 0 Å². The second-order valence-corrected chi connectivity index (χ2v) is 6.61. The highest BCUT2D eigenvalue weighted by Crippen LogP contribution is 2.40. The van der Waals surface area contributed by atoms with Crippen molar-refractivity contribution >= 4 is 47.2 Å². The highest BCUT2D eigenvalue weighted by Gasteiger charge is 2.30. The number of ether oxygens (including phenoxy) is 2. The molecule has 8 heteroatoms. The molecule has 2 aromatic carbocycles. The summed E-state index contributed by atoms with van der Waals surface area (Å²) in [6, 6.07) is 10.4. The van der Waals surface area contributed by atoms with E-state index in [1.165, 1.54) is 6.07 Å². The third-order valence-corrected chi connectivity index (χ3v) is 4.80. The standard InChI is InChI=1S/C19H21ClFN3O2.HI/c1-25-17-6-4-13(10-18(17)26-2)23-19(22)24-14-7-12(8-14)11-3-5-16(21)15(20)9-11;/h3-6,9-10,12,14H,7-8H2,1-2H3,(H3,22,23,24);1H. The topological polar surface area (TPSA) is 68.9 Å². The lowest BCUT2D eigenvalue weighted by atomic mass is 9.76. The van der Waals surface area contributed by atoms with Crippen LogP contribution in [0, 0.1) is 5.82 Å².